The number of ether oxygens (including phenoxy) is 3. The van der Waals surface area contributed by atoms with Crippen LogP contribution in [-0.2, 0) is 14.3 Å². The average molecular weight is 361 g/mol. The molecule has 0 aliphatic heterocycles. The highest BCUT2D eigenvalue weighted by Gasteiger charge is 2.18. The molecule has 1 N–H and O–H groups in total. The summed E-state index contributed by atoms with van der Waals surface area (Å²) in [5, 5.41) is 3.06. The Labute approximate surface area is 154 Å². The molecule has 1 amide bonds. The van der Waals surface area contributed by atoms with Crippen LogP contribution < -0.4 is 14.8 Å². The number of carbonyl (C=O) groups is 2. The van der Waals surface area contributed by atoms with Gasteiger partial charge in [0.1, 0.15) is 0 Å². The van der Waals surface area contributed by atoms with Gasteiger partial charge in [-0.1, -0.05) is 13.0 Å². The SMILES string of the molecule is COC(=O)COc1ccc(C=CC(=O)NC2CCC(C)CC2)cc1OC. The van der Waals surface area contributed by atoms with Crippen molar-refractivity contribution in [2.24, 2.45) is 5.92 Å². The predicted molar refractivity (Wildman–Crippen MR) is 99.1 cm³/mol. The van der Waals surface area contributed by atoms with Crippen LogP contribution in [0.3, 0.4) is 0 Å². The fourth-order valence-electron chi connectivity index (χ4n) is 2.93. The van der Waals surface area contributed by atoms with E-state index in [9.17, 15) is 9.59 Å². The normalized spacial score (nSPS) is 19.8. The Bertz CT molecular complexity index is 648. The lowest BCUT2D eigenvalue weighted by Crippen LogP contribution is -2.36. The maximum absolute atomic E-state index is 12.1. The number of nitrogens with one attached hydrogen (secondary N) is 1. The number of esters is 1. The Morgan fingerprint density at radius 3 is 2.54 bits per heavy atom. The molecule has 6 heteroatoms. The summed E-state index contributed by atoms with van der Waals surface area (Å²) in [7, 11) is 2.82. The number of methoxy groups -OCH3 is 2. The van der Waals surface area contributed by atoms with Crippen LogP contribution in [0.2, 0.25) is 0 Å². The summed E-state index contributed by atoms with van der Waals surface area (Å²) in [4.78, 5) is 23.3. The van der Waals surface area contributed by atoms with E-state index < -0.39 is 5.97 Å². The number of benzene rings is 1. The molecule has 26 heavy (non-hydrogen) atoms. The average Bonchev–Trinajstić information content (AvgIpc) is 2.66. The van der Waals surface area contributed by atoms with Crippen LogP contribution in [0.5, 0.6) is 11.5 Å². The summed E-state index contributed by atoms with van der Waals surface area (Å²) in [5.41, 5.74) is 0.805. The van der Waals surface area contributed by atoms with Crippen molar-refractivity contribution >= 4 is 18.0 Å². The van der Waals surface area contributed by atoms with E-state index in [1.54, 1.807) is 24.3 Å². The van der Waals surface area contributed by atoms with Crippen molar-refractivity contribution in [3.8, 4) is 11.5 Å². The fourth-order valence-corrected chi connectivity index (χ4v) is 2.93. The van der Waals surface area contributed by atoms with Crippen LogP contribution in [0.1, 0.15) is 38.2 Å². The number of rotatable bonds is 7. The topological polar surface area (TPSA) is 73.9 Å². The van der Waals surface area contributed by atoms with Gasteiger partial charge in [-0.15, -0.1) is 0 Å². The second-order valence-corrected chi connectivity index (χ2v) is 6.57. The van der Waals surface area contributed by atoms with Crippen LogP contribution in [0, 0.1) is 5.92 Å². The minimum Gasteiger partial charge on any atom is -0.493 e. The van der Waals surface area contributed by atoms with E-state index in [0.29, 0.717) is 11.5 Å². The zero-order valence-corrected chi connectivity index (χ0v) is 15.6. The van der Waals surface area contributed by atoms with Crippen molar-refractivity contribution in [3.63, 3.8) is 0 Å². The van der Waals surface area contributed by atoms with E-state index in [1.807, 2.05) is 0 Å². The number of carbonyl (C=O) groups excluding carboxylic acids is 2. The summed E-state index contributed by atoms with van der Waals surface area (Å²) in [6, 6.07) is 5.51. The van der Waals surface area contributed by atoms with E-state index in [4.69, 9.17) is 9.47 Å². The molecule has 142 valence electrons. The van der Waals surface area contributed by atoms with Gasteiger partial charge in [-0.25, -0.2) is 4.79 Å². The monoisotopic (exact) mass is 361 g/mol. The maximum Gasteiger partial charge on any atom is 0.343 e. The molecule has 1 aromatic carbocycles. The first-order valence-corrected chi connectivity index (χ1v) is 8.88. The Morgan fingerprint density at radius 1 is 1.15 bits per heavy atom. The Morgan fingerprint density at radius 2 is 1.88 bits per heavy atom. The molecule has 0 heterocycles. The van der Waals surface area contributed by atoms with Crippen molar-refractivity contribution in [1.82, 2.24) is 5.32 Å². The van der Waals surface area contributed by atoms with Crippen LogP contribution in [0.25, 0.3) is 6.08 Å². The maximum atomic E-state index is 12.1. The highest BCUT2D eigenvalue weighted by molar-refractivity contribution is 5.92. The van der Waals surface area contributed by atoms with Crippen molar-refractivity contribution in [1.29, 1.82) is 0 Å². The smallest absolute Gasteiger partial charge is 0.343 e. The van der Waals surface area contributed by atoms with Crippen molar-refractivity contribution in [3.05, 3.63) is 29.8 Å². The molecule has 0 bridgehead atoms. The lowest BCUT2D eigenvalue weighted by Gasteiger charge is -2.26. The molecule has 1 aliphatic rings. The van der Waals surface area contributed by atoms with Gasteiger partial charge < -0.3 is 19.5 Å². The van der Waals surface area contributed by atoms with Gasteiger partial charge in [0.2, 0.25) is 5.91 Å². The standard InChI is InChI=1S/C20H27NO5/c1-14-4-8-16(9-5-14)21-19(22)11-7-15-6-10-17(18(12-15)24-2)26-13-20(23)25-3/h6-7,10-12,14,16H,4-5,8-9,13H2,1-3H3,(H,21,22). The molecule has 2 rings (SSSR count). The second kappa shape index (κ2) is 9.85. The molecule has 6 nitrogen and oxygen atoms in total. The highest BCUT2D eigenvalue weighted by atomic mass is 16.6. The minimum atomic E-state index is -0.468. The third-order valence-corrected chi connectivity index (χ3v) is 4.55. The Hall–Kier alpha value is -2.50. The number of amides is 1. The first kappa shape index (κ1) is 19.8. The predicted octanol–water partition coefficient (Wildman–Crippen LogP) is 2.96. The van der Waals surface area contributed by atoms with Crippen LogP contribution in [0.4, 0.5) is 0 Å². The van der Waals surface area contributed by atoms with E-state index in [2.05, 4.69) is 17.0 Å². The molecule has 0 spiro atoms. The summed E-state index contributed by atoms with van der Waals surface area (Å²) < 4.78 is 15.2. The summed E-state index contributed by atoms with van der Waals surface area (Å²) >= 11 is 0. The number of hydrogen-bond acceptors (Lipinski definition) is 5. The fraction of sp³-hybridized carbons (Fsp3) is 0.500. The summed E-state index contributed by atoms with van der Waals surface area (Å²) in [5.74, 6) is 1.12. The van der Waals surface area contributed by atoms with Crippen molar-refractivity contribution in [2.75, 3.05) is 20.8 Å². The van der Waals surface area contributed by atoms with Gasteiger partial charge in [0.15, 0.2) is 18.1 Å². The lowest BCUT2D eigenvalue weighted by atomic mass is 9.87. The van der Waals surface area contributed by atoms with Gasteiger partial charge in [0, 0.05) is 12.1 Å². The second-order valence-electron chi connectivity index (χ2n) is 6.57. The summed E-state index contributed by atoms with van der Waals surface area (Å²) in [6.45, 7) is 2.06. The Balaban J connectivity index is 1.92. The van der Waals surface area contributed by atoms with Gasteiger partial charge in [-0.2, -0.15) is 0 Å². The molecule has 1 aromatic rings. The van der Waals surface area contributed by atoms with E-state index >= 15 is 0 Å². The number of hydrogen-bond donors (Lipinski definition) is 1. The van der Waals surface area contributed by atoms with Crippen molar-refractivity contribution in [2.45, 2.75) is 38.6 Å². The zero-order valence-electron chi connectivity index (χ0n) is 15.6. The highest BCUT2D eigenvalue weighted by Crippen LogP contribution is 2.28. The van der Waals surface area contributed by atoms with Crippen molar-refractivity contribution < 1.29 is 23.8 Å². The molecule has 1 aliphatic carbocycles. The van der Waals surface area contributed by atoms with Gasteiger partial charge in [-0.05, 0) is 55.4 Å². The van der Waals surface area contributed by atoms with Gasteiger partial charge in [0.25, 0.3) is 0 Å². The molecule has 1 fully saturated rings. The molecule has 0 atom stereocenters. The first-order chi connectivity index (χ1) is 12.5. The molecule has 0 aromatic heterocycles. The quantitative estimate of drug-likeness (QED) is 0.597. The van der Waals surface area contributed by atoms with Crippen LogP contribution in [0.15, 0.2) is 24.3 Å². The van der Waals surface area contributed by atoms with Gasteiger partial charge in [-0.3, -0.25) is 4.79 Å². The van der Waals surface area contributed by atoms with E-state index in [1.165, 1.54) is 33.1 Å². The lowest BCUT2D eigenvalue weighted by molar-refractivity contribution is -0.142. The molecule has 0 saturated heterocycles. The molecule has 0 unspecified atom stereocenters. The largest absolute Gasteiger partial charge is 0.493 e. The molecule has 1 saturated carbocycles. The van der Waals surface area contributed by atoms with Crippen LogP contribution in [-0.4, -0.2) is 38.7 Å². The Kier molecular flexibility index (Phi) is 7.51. The van der Waals surface area contributed by atoms with E-state index in [-0.39, 0.29) is 18.6 Å². The molecular formula is C20H27NO5. The summed E-state index contributed by atoms with van der Waals surface area (Å²) in [6.07, 6.45) is 7.68. The first-order valence-electron chi connectivity index (χ1n) is 8.88. The van der Waals surface area contributed by atoms with Gasteiger partial charge >= 0.3 is 5.97 Å². The minimum absolute atomic E-state index is 0.0884. The molecule has 0 radical (unpaired) electrons. The van der Waals surface area contributed by atoms with Crippen LogP contribution >= 0.6 is 0 Å². The third-order valence-electron chi connectivity index (χ3n) is 4.55. The van der Waals surface area contributed by atoms with E-state index in [0.717, 1.165) is 24.3 Å². The van der Waals surface area contributed by atoms with Gasteiger partial charge in [0.05, 0.1) is 14.2 Å². The zero-order chi connectivity index (χ0) is 18.9. The third kappa shape index (κ3) is 6.10. The molecular weight excluding hydrogens is 334 g/mol.